The van der Waals surface area contributed by atoms with E-state index in [1.54, 1.807) is 0 Å². The summed E-state index contributed by atoms with van der Waals surface area (Å²) in [5, 5.41) is 0.945. The molecule has 0 aliphatic carbocycles. The first-order valence-electron chi connectivity index (χ1n) is 8.09. The number of likely N-dealkylation sites (tertiary alicyclic amines) is 1. The van der Waals surface area contributed by atoms with E-state index in [4.69, 9.17) is 0 Å². The summed E-state index contributed by atoms with van der Waals surface area (Å²) in [7, 11) is 0. The van der Waals surface area contributed by atoms with Gasteiger partial charge in [-0.1, -0.05) is 25.1 Å². The van der Waals surface area contributed by atoms with Gasteiger partial charge in [0.15, 0.2) is 5.78 Å². The van der Waals surface area contributed by atoms with Gasteiger partial charge in [-0.2, -0.15) is 0 Å². The molecule has 0 radical (unpaired) electrons. The third kappa shape index (κ3) is 2.78. The second-order valence-electron chi connectivity index (χ2n) is 5.91. The molecule has 116 valence electrons. The second-order valence-corrected chi connectivity index (χ2v) is 5.91. The van der Waals surface area contributed by atoms with Crippen LogP contribution in [0, 0.1) is 0 Å². The van der Waals surface area contributed by atoms with Gasteiger partial charge in [-0.25, -0.2) is 0 Å². The number of Topliss-reactive ketones (excluding diaryl/α,β-unsaturated/α-hetero) is 1. The molecule has 1 aliphatic heterocycles. The zero-order valence-corrected chi connectivity index (χ0v) is 13.0. The minimum Gasteiger partial charge on any atom is -0.341 e. The SMILES string of the molecule is CCC(=O)c1cn(CC(=O)N2CCCCC2)c2ccccc12. The molecule has 1 aliphatic rings. The fourth-order valence-electron chi connectivity index (χ4n) is 3.18. The highest BCUT2D eigenvalue weighted by Gasteiger charge is 2.19. The van der Waals surface area contributed by atoms with Crippen LogP contribution in [-0.2, 0) is 11.3 Å². The van der Waals surface area contributed by atoms with Gasteiger partial charge < -0.3 is 9.47 Å². The third-order valence-electron chi connectivity index (χ3n) is 4.42. The first kappa shape index (κ1) is 14.8. The van der Waals surface area contributed by atoms with Gasteiger partial charge in [-0.05, 0) is 25.3 Å². The molecule has 0 atom stereocenters. The Kier molecular flexibility index (Phi) is 4.27. The topological polar surface area (TPSA) is 42.3 Å². The maximum Gasteiger partial charge on any atom is 0.242 e. The van der Waals surface area contributed by atoms with Crippen LogP contribution in [0.2, 0.25) is 0 Å². The van der Waals surface area contributed by atoms with Crippen molar-refractivity contribution >= 4 is 22.6 Å². The van der Waals surface area contributed by atoms with Gasteiger partial charge in [0.2, 0.25) is 5.91 Å². The standard InChI is InChI=1S/C18H22N2O2/c1-2-17(21)15-12-20(16-9-5-4-8-14(15)16)13-18(22)19-10-6-3-7-11-19/h4-5,8-9,12H,2-3,6-7,10-11,13H2,1H3. The highest BCUT2D eigenvalue weighted by molar-refractivity contribution is 6.08. The largest absolute Gasteiger partial charge is 0.341 e. The summed E-state index contributed by atoms with van der Waals surface area (Å²) in [6.07, 6.45) is 5.73. The number of amides is 1. The van der Waals surface area contributed by atoms with Gasteiger partial charge in [0.25, 0.3) is 0 Å². The molecule has 3 rings (SSSR count). The molecule has 0 bridgehead atoms. The summed E-state index contributed by atoms with van der Waals surface area (Å²) in [5.41, 5.74) is 1.69. The van der Waals surface area contributed by atoms with Gasteiger partial charge >= 0.3 is 0 Å². The Hall–Kier alpha value is -2.10. The normalized spacial score (nSPS) is 15.2. The lowest BCUT2D eigenvalue weighted by Gasteiger charge is -2.27. The van der Waals surface area contributed by atoms with Crippen LogP contribution in [0.5, 0.6) is 0 Å². The summed E-state index contributed by atoms with van der Waals surface area (Å²) in [6, 6.07) is 7.82. The van der Waals surface area contributed by atoms with E-state index in [0.717, 1.165) is 42.4 Å². The number of carbonyl (C=O) groups excluding carboxylic acids is 2. The number of rotatable bonds is 4. The maximum absolute atomic E-state index is 12.5. The molecule has 0 N–H and O–H groups in total. The molecule has 0 unspecified atom stereocenters. The number of benzene rings is 1. The molecule has 4 heteroatoms. The number of nitrogens with zero attached hydrogens (tertiary/aromatic N) is 2. The van der Waals surface area contributed by atoms with Crippen molar-refractivity contribution < 1.29 is 9.59 Å². The highest BCUT2D eigenvalue weighted by Crippen LogP contribution is 2.23. The van der Waals surface area contributed by atoms with E-state index < -0.39 is 0 Å². The first-order chi connectivity index (χ1) is 10.7. The predicted molar refractivity (Wildman–Crippen MR) is 87.0 cm³/mol. The monoisotopic (exact) mass is 298 g/mol. The van der Waals surface area contributed by atoms with Crippen LogP contribution in [0.4, 0.5) is 0 Å². The minimum absolute atomic E-state index is 0.125. The molecule has 4 nitrogen and oxygen atoms in total. The van der Waals surface area contributed by atoms with Crippen LogP contribution in [0.3, 0.4) is 0 Å². The number of ketones is 1. The van der Waals surface area contributed by atoms with E-state index in [0.29, 0.717) is 13.0 Å². The predicted octanol–water partition coefficient (Wildman–Crippen LogP) is 3.25. The second kappa shape index (κ2) is 6.34. The van der Waals surface area contributed by atoms with Crippen molar-refractivity contribution in [3.05, 3.63) is 36.0 Å². The number of aromatic nitrogens is 1. The Labute approximate surface area is 130 Å². The minimum atomic E-state index is 0.125. The van der Waals surface area contributed by atoms with E-state index in [9.17, 15) is 9.59 Å². The molecule has 22 heavy (non-hydrogen) atoms. The van der Waals surface area contributed by atoms with E-state index in [-0.39, 0.29) is 11.7 Å². The number of carbonyl (C=O) groups is 2. The number of hydrogen-bond acceptors (Lipinski definition) is 2. The van der Waals surface area contributed by atoms with Crippen molar-refractivity contribution in [2.75, 3.05) is 13.1 Å². The zero-order valence-electron chi connectivity index (χ0n) is 13.0. The van der Waals surface area contributed by atoms with Crippen LogP contribution >= 0.6 is 0 Å². The molecule has 0 saturated carbocycles. The van der Waals surface area contributed by atoms with Crippen LogP contribution in [0.15, 0.2) is 30.5 Å². The third-order valence-corrected chi connectivity index (χ3v) is 4.42. The number of fused-ring (bicyclic) bond motifs is 1. The lowest BCUT2D eigenvalue weighted by atomic mass is 10.1. The van der Waals surface area contributed by atoms with E-state index >= 15 is 0 Å². The number of piperidine rings is 1. The average Bonchev–Trinajstić information content (AvgIpc) is 2.94. The summed E-state index contributed by atoms with van der Waals surface area (Å²) >= 11 is 0. The molecule has 1 saturated heterocycles. The Morgan fingerprint density at radius 3 is 2.55 bits per heavy atom. The summed E-state index contributed by atoms with van der Waals surface area (Å²) in [4.78, 5) is 26.5. The molecule has 1 aromatic heterocycles. The molecule has 1 amide bonds. The van der Waals surface area contributed by atoms with E-state index in [2.05, 4.69) is 0 Å². The van der Waals surface area contributed by atoms with E-state index in [1.807, 2.05) is 46.9 Å². The van der Waals surface area contributed by atoms with Crippen molar-refractivity contribution in [3.63, 3.8) is 0 Å². The Bertz CT molecular complexity index is 696. The smallest absolute Gasteiger partial charge is 0.242 e. The van der Waals surface area contributed by atoms with Crippen LogP contribution in [0.1, 0.15) is 43.0 Å². The molecule has 1 aromatic carbocycles. The molecule has 0 spiro atoms. The van der Waals surface area contributed by atoms with Gasteiger partial charge in [-0.15, -0.1) is 0 Å². The Morgan fingerprint density at radius 1 is 1.09 bits per heavy atom. The van der Waals surface area contributed by atoms with Crippen molar-refractivity contribution in [1.82, 2.24) is 9.47 Å². The lowest BCUT2D eigenvalue weighted by molar-refractivity contribution is -0.132. The molecule has 2 heterocycles. The molecule has 2 aromatic rings. The molecular formula is C18H22N2O2. The number of para-hydroxylation sites is 1. The van der Waals surface area contributed by atoms with Crippen LogP contribution < -0.4 is 0 Å². The fourth-order valence-corrected chi connectivity index (χ4v) is 3.18. The van der Waals surface area contributed by atoms with Gasteiger partial charge in [0.05, 0.1) is 0 Å². The highest BCUT2D eigenvalue weighted by atomic mass is 16.2. The Morgan fingerprint density at radius 2 is 1.82 bits per heavy atom. The lowest BCUT2D eigenvalue weighted by Crippen LogP contribution is -2.37. The molecular weight excluding hydrogens is 276 g/mol. The fraction of sp³-hybridized carbons (Fsp3) is 0.444. The van der Waals surface area contributed by atoms with Gasteiger partial charge in [0.1, 0.15) is 6.54 Å². The van der Waals surface area contributed by atoms with E-state index in [1.165, 1.54) is 6.42 Å². The van der Waals surface area contributed by atoms with Crippen molar-refractivity contribution in [2.45, 2.75) is 39.2 Å². The van der Waals surface area contributed by atoms with Gasteiger partial charge in [0, 0.05) is 42.2 Å². The van der Waals surface area contributed by atoms with Crippen molar-refractivity contribution in [3.8, 4) is 0 Å². The summed E-state index contributed by atoms with van der Waals surface area (Å²) < 4.78 is 1.93. The van der Waals surface area contributed by atoms with Crippen LogP contribution in [0.25, 0.3) is 10.9 Å². The molecule has 1 fully saturated rings. The quantitative estimate of drug-likeness (QED) is 0.813. The maximum atomic E-state index is 12.5. The van der Waals surface area contributed by atoms with Crippen molar-refractivity contribution in [2.24, 2.45) is 0 Å². The summed E-state index contributed by atoms with van der Waals surface area (Å²) in [5.74, 6) is 0.274. The first-order valence-corrected chi connectivity index (χ1v) is 8.09. The average molecular weight is 298 g/mol. The van der Waals surface area contributed by atoms with Crippen molar-refractivity contribution in [1.29, 1.82) is 0 Å². The number of hydrogen-bond donors (Lipinski definition) is 0. The summed E-state index contributed by atoms with van der Waals surface area (Å²) in [6.45, 7) is 3.91. The zero-order chi connectivity index (χ0) is 15.5. The Balaban J connectivity index is 1.90. The van der Waals surface area contributed by atoms with Crippen LogP contribution in [-0.4, -0.2) is 34.2 Å². The van der Waals surface area contributed by atoms with Gasteiger partial charge in [-0.3, -0.25) is 9.59 Å².